The predicted molar refractivity (Wildman–Crippen MR) is 88.6 cm³/mol. The van der Waals surface area contributed by atoms with E-state index in [9.17, 15) is 5.11 Å². The summed E-state index contributed by atoms with van der Waals surface area (Å²) < 4.78 is 5.01. The monoisotopic (exact) mass is 300 g/mol. The Labute approximate surface area is 131 Å². The van der Waals surface area contributed by atoms with Crippen LogP contribution < -0.4 is 5.32 Å². The molecule has 1 fully saturated rings. The first kappa shape index (κ1) is 18.9. The van der Waals surface area contributed by atoms with Crippen molar-refractivity contribution in [2.45, 2.75) is 58.6 Å². The third kappa shape index (κ3) is 6.23. The van der Waals surface area contributed by atoms with E-state index in [1.807, 2.05) is 0 Å². The number of aliphatic hydroxyl groups excluding tert-OH is 1. The molecule has 0 amide bonds. The van der Waals surface area contributed by atoms with Crippen LogP contribution in [-0.4, -0.2) is 62.6 Å². The quantitative estimate of drug-likeness (QED) is 0.685. The van der Waals surface area contributed by atoms with Crippen LogP contribution in [0.2, 0.25) is 0 Å². The number of rotatable bonds is 9. The summed E-state index contributed by atoms with van der Waals surface area (Å²) in [5.41, 5.74) is 0.365. The second-order valence-corrected chi connectivity index (χ2v) is 7.40. The van der Waals surface area contributed by atoms with Crippen molar-refractivity contribution in [3.8, 4) is 0 Å². The van der Waals surface area contributed by atoms with E-state index in [0.29, 0.717) is 30.5 Å². The Balaban J connectivity index is 2.56. The number of ether oxygens (including phenoxy) is 1. The molecule has 1 saturated carbocycles. The second-order valence-electron chi connectivity index (χ2n) is 7.40. The average molecular weight is 300 g/mol. The fraction of sp³-hybridized carbons (Fsp3) is 1.00. The number of aliphatic hydroxyl groups is 1. The molecule has 0 bridgehead atoms. The molecule has 1 aliphatic carbocycles. The first-order chi connectivity index (χ1) is 9.90. The zero-order valence-corrected chi connectivity index (χ0v) is 14.7. The van der Waals surface area contributed by atoms with Crippen molar-refractivity contribution in [1.29, 1.82) is 0 Å². The summed E-state index contributed by atoms with van der Waals surface area (Å²) in [6.45, 7) is 10.3. The molecule has 2 N–H and O–H groups in total. The van der Waals surface area contributed by atoms with E-state index >= 15 is 0 Å². The Kier molecular flexibility index (Phi) is 8.17. The summed E-state index contributed by atoms with van der Waals surface area (Å²) in [6, 6.07) is 0.577. The Bertz CT molecular complexity index is 284. The van der Waals surface area contributed by atoms with Crippen molar-refractivity contribution in [3.63, 3.8) is 0 Å². The Morgan fingerprint density at radius 3 is 2.76 bits per heavy atom. The van der Waals surface area contributed by atoms with E-state index < -0.39 is 6.10 Å². The molecule has 21 heavy (non-hydrogen) atoms. The normalized spacial score (nSPS) is 27.0. The summed E-state index contributed by atoms with van der Waals surface area (Å²) in [6.07, 6.45) is 4.70. The number of likely N-dealkylation sites (N-methyl/N-ethyl adjacent to an activating group) is 1. The van der Waals surface area contributed by atoms with E-state index in [2.05, 4.69) is 38.0 Å². The molecule has 0 radical (unpaired) electrons. The fourth-order valence-corrected chi connectivity index (χ4v) is 3.80. The molecular weight excluding hydrogens is 264 g/mol. The van der Waals surface area contributed by atoms with Gasteiger partial charge in [-0.05, 0) is 44.2 Å². The molecule has 4 nitrogen and oxygen atoms in total. The van der Waals surface area contributed by atoms with E-state index in [0.717, 1.165) is 13.1 Å². The first-order valence-corrected chi connectivity index (χ1v) is 8.49. The summed E-state index contributed by atoms with van der Waals surface area (Å²) in [4.78, 5) is 2.26. The Morgan fingerprint density at radius 1 is 1.43 bits per heavy atom. The first-order valence-electron chi connectivity index (χ1n) is 8.49. The average Bonchev–Trinajstić information content (AvgIpc) is 2.37. The minimum atomic E-state index is -0.390. The fourth-order valence-electron chi connectivity index (χ4n) is 3.80. The maximum absolute atomic E-state index is 9.88. The number of nitrogens with zero attached hydrogens (tertiary/aromatic N) is 1. The van der Waals surface area contributed by atoms with Crippen LogP contribution in [0.4, 0.5) is 0 Å². The van der Waals surface area contributed by atoms with Crippen LogP contribution in [0.1, 0.15) is 46.5 Å². The van der Waals surface area contributed by atoms with Crippen LogP contribution in [0.3, 0.4) is 0 Å². The molecule has 0 aromatic rings. The van der Waals surface area contributed by atoms with Gasteiger partial charge in [0.05, 0.1) is 12.7 Å². The summed E-state index contributed by atoms with van der Waals surface area (Å²) >= 11 is 0. The molecule has 1 aliphatic rings. The van der Waals surface area contributed by atoms with Crippen molar-refractivity contribution in [3.05, 3.63) is 0 Å². The molecule has 0 saturated heterocycles. The van der Waals surface area contributed by atoms with Gasteiger partial charge in [-0.25, -0.2) is 0 Å². The highest BCUT2D eigenvalue weighted by Gasteiger charge is 2.38. The highest BCUT2D eigenvalue weighted by molar-refractivity contribution is 4.94. The van der Waals surface area contributed by atoms with Crippen molar-refractivity contribution in [2.24, 2.45) is 11.3 Å². The molecule has 0 aromatic heterocycles. The SMILES string of the molecule is CCCNC1C(CN(C)CC(O)COC)CCCC1(C)C. The van der Waals surface area contributed by atoms with Gasteiger partial charge < -0.3 is 20.1 Å². The van der Waals surface area contributed by atoms with Crippen molar-refractivity contribution < 1.29 is 9.84 Å². The van der Waals surface area contributed by atoms with E-state index in [1.54, 1.807) is 7.11 Å². The molecule has 0 aromatic carbocycles. The Morgan fingerprint density at radius 2 is 2.14 bits per heavy atom. The summed E-state index contributed by atoms with van der Waals surface area (Å²) in [5, 5.41) is 13.7. The lowest BCUT2D eigenvalue weighted by molar-refractivity contribution is 0.0294. The summed E-state index contributed by atoms with van der Waals surface area (Å²) in [7, 11) is 3.74. The van der Waals surface area contributed by atoms with Crippen LogP contribution in [0.25, 0.3) is 0 Å². The molecule has 4 heteroatoms. The highest BCUT2D eigenvalue weighted by Crippen LogP contribution is 2.39. The van der Waals surface area contributed by atoms with Crippen LogP contribution in [0.5, 0.6) is 0 Å². The largest absolute Gasteiger partial charge is 0.389 e. The third-order valence-corrected chi connectivity index (χ3v) is 4.75. The Hall–Kier alpha value is -0.160. The van der Waals surface area contributed by atoms with Gasteiger partial charge >= 0.3 is 0 Å². The van der Waals surface area contributed by atoms with Gasteiger partial charge in [-0.15, -0.1) is 0 Å². The van der Waals surface area contributed by atoms with Crippen LogP contribution in [-0.2, 0) is 4.74 Å². The standard InChI is InChI=1S/C17H36N2O2/c1-6-10-18-16-14(8-7-9-17(16,2)3)11-19(4)12-15(20)13-21-5/h14-16,18,20H,6-13H2,1-5H3. The third-order valence-electron chi connectivity index (χ3n) is 4.75. The predicted octanol–water partition coefficient (Wildman–Crippen LogP) is 2.12. The van der Waals surface area contributed by atoms with Gasteiger partial charge in [-0.1, -0.05) is 27.2 Å². The van der Waals surface area contributed by atoms with Crippen LogP contribution >= 0.6 is 0 Å². The lowest BCUT2D eigenvalue weighted by atomic mass is 9.67. The number of methoxy groups -OCH3 is 1. The maximum atomic E-state index is 9.88. The van der Waals surface area contributed by atoms with Gasteiger partial charge in [0.2, 0.25) is 0 Å². The van der Waals surface area contributed by atoms with E-state index in [1.165, 1.54) is 25.7 Å². The lowest BCUT2D eigenvalue weighted by Gasteiger charge is -2.46. The van der Waals surface area contributed by atoms with Gasteiger partial charge in [0.15, 0.2) is 0 Å². The van der Waals surface area contributed by atoms with E-state index in [4.69, 9.17) is 4.74 Å². The molecule has 0 spiro atoms. The molecule has 0 aliphatic heterocycles. The molecular formula is C17H36N2O2. The van der Waals surface area contributed by atoms with Crippen LogP contribution in [0, 0.1) is 11.3 Å². The van der Waals surface area contributed by atoms with Crippen LogP contribution in [0.15, 0.2) is 0 Å². The number of nitrogens with one attached hydrogen (secondary N) is 1. The summed E-state index contributed by atoms with van der Waals surface area (Å²) in [5.74, 6) is 0.667. The molecule has 1 rings (SSSR count). The zero-order valence-electron chi connectivity index (χ0n) is 14.7. The van der Waals surface area contributed by atoms with Crippen molar-refractivity contribution >= 4 is 0 Å². The lowest BCUT2D eigenvalue weighted by Crippen LogP contribution is -2.53. The maximum Gasteiger partial charge on any atom is 0.0899 e. The number of hydrogen-bond donors (Lipinski definition) is 2. The molecule has 3 atom stereocenters. The smallest absolute Gasteiger partial charge is 0.0899 e. The molecule has 0 heterocycles. The van der Waals surface area contributed by atoms with Crippen molar-refractivity contribution in [1.82, 2.24) is 10.2 Å². The van der Waals surface area contributed by atoms with Gasteiger partial charge in [0.1, 0.15) is 0 Å². The minimum Gasteiger partial charge on any atom is -0.389 e. The van der Waals surface area contributed by atoms with Crippen molar-refractivity contribution in [2.75, 3.05) is 40.4 Å². The minimum absolute atomic E-state index is 0.365. The zero-order chi connectivity index (χ0) is 15.9. The highest BCUT2D eigenvalue weighted by atomic mass is 16.5. The second kappa shape index (κ2) is 9.09. The molecule has 3 unspecified atom stereocenters. The van der Waals surface area contributed by atoms with Gasteiger partial charge in [-0.3, -0.25) is 0 Å². The van der Waals surface area contributed by atoms with Gasteiger partial charge in [-0.2, -0.15) is 0 Å². The number of hydrogen-bond acceptors (Lipinski definition) is 4. The van der Waals surface area contributed by atoms with E-state index in [-0.39, 0.29) is 0 Å². The molecule has 126 valence electrons. The van der Waals surface area contributed by atoms with Gasteiger partial charge in [0.25, 0.3) is 0 Å². The van der Waals surface area contributed by atoms with Gasteiger partial charge in [0, 0.05) is 26.2 Å². The topological polar surface area (TPSA) is 44.7 Å².